The summed E-state index contributed by atoms with van der Waals surface area (Å²) in [5, 5.41) is 18.4. The molecule has 8 heteroatoms. The smallest absolute Gasteiger partial charge is 0.304 e. The minimum absolute atomic E-state index is 0.149. The van der Waals surface area contributed by atoms with Gasteiger partial charge >= 0.3 is 5.97 Å². The number of nitro benzene ring substituents is 1. The molecule has 0 heterocycles. The van der Waals surface area contributed by atoms with Crippen LogP contribution in [0.4, 0.5) is 5.69 Å². The van der Waals surface area contributed by atoms with Crippen molar-refractivity contribution in [2.75, 3.05) is 0 Å². The van der Waals surface area contributed by atoms with Crippen molar-refractivity contribution in [3.05, 3.63) is 39.4 Å². The number of hydrogen-bond acceptors (Lipinski definition) is 5. The molecule has 7 nitrogen and oxygen atoms in total. The zero-order valence-electron chi connectivity index (χ0n) is 11.1. The highest BCUT2D eigenvalue weighted by Gasteiger charge is 2.25. The van der Waals surface area contributed by atoms with Crippen LogP contribution in [0.2, 0.25) is 0 Å². The number of nitro groups is 1. The molecule has 1 aromatic rings. The molecule has 0 saturated carbocycles. The molecule has 0 aliphatic heterocycles. The number of nitrogens with zero attached hydrogens (tertiary/aromatic N) is 1. The van der Waals surface area contributed by atoms with Crippen LogP contribution in [-0.4, -0.2) is 29.7 Å². The molecule has 0 aromatic heterocycles. The Bertz CT molecular complexity index is 637. The molecule has 0 fully saturated rings. The molecule has 1 atom stereocenters. The molecular formula is C12H15NO6S. The maximum Gasteiger partial charge on any atom is 0.304 e. The van der Waals surface area contributed by atoms with E-state index < -0.39 is 38.2 Å². The quantitative estimate of drug-likeness (QED) is 0.631. The largest absolute Gasteiger partial charge is 0.481 e. The monoisotopic (exact) mass is 301 g/mol. The molecule has 0 aliphatic carbocycles. The van der Waals surface area contributed by atoms with Crippen molar-refractivity contribution < 1.29 is 23.2 Å². The van der Waals surface area contributed by atoms with Gasteiger partial charge in [-0.25, -0.2) is 8.42 Å². The van der Waals surface area contributed by atoms with E-state index in [2.05, 4.69) is 0 Å². The highest BCUT2D eigenvalue weighted by Crippen LogP contribution is 2.24. The second kappa shape index (κ2) is 6.00. The number of carboxylic acid groups (broad SMARTS) is 1. The van der Waals surface area contributed by atoms with Crippen molar-refractivity contribution in [3.63, 3.8) is 0 Å². The Labute approximate surface area is 116 Å². The van der Waals surface area contributed by atoms with E-state index in [1.165, 1.54) is 32.0 Å². The highest BCUT2D eigenvalue weighted by atomic mass is 32.2. The lowest BCUT2D eigenvalue weighted by atomic mass is 10.1. The summed E-state index contributed by atoms with van der Waals surface area (Å²) >= 11 is 0. The van der Waals surface area contributed by atoms with Crippen molar-refractivity contribution >= 4 is 21.5 Å². The molecule has 1 rings (SSSR count). The molecular weight excluding hydrogens is 286 g/mol. The number of carboxylic acids is 1. The van der Waals surface area contributed by atoms with Gasteiger partial charge in [0.2, 0.25) is 0 Å². The predicted molar refractivity (Wildman–Crippen MR) is 72.2 cm³/mol. The molecule has 1 aromatic carbocycles. The first-order chi connectivity index (χ1) is 9.15. The summed E-state index contributed by atoms with van der Waals surface area (Å²) in [6, 6.07) is 4.21. The Hall–Kier alpha value is -1.96. The average molecular weight is 301 g/mol. The van der Waals surface area contributed by atoms with E-state index in [1.54, 1.807) is 0 Å². The van der Waals surface area contributed by atoms with E-state index in [-0.39, 0.29) is 11.3 Å². The SMILES string of the molecule is Cc1c(CS(=O)(=O)C(C)CC(=O)O)cccc1[N+](=O)[O-]. The Kier molecular flexibility index (Phi) is 4.83. The van der Waals surface area contributed by atoms with Crippen LogP contribution in [0.1, 0.15) is 24.5 Å². The van der Waals surface area contributed by atoms with Crippen LogP contribution in [0.5, 0.6) is 0 Å². The van der Waals surface area contributed by atoms with Crippen LogP contribution in [0.15, 0.2) is 18.2 Å². The number of benzene rings is 1. The van der Waals surface area contributed by atoms with Crippen LogP contribution in [-0.2, 0) is 20.4 Å². The molecule has 1 unspecified atom stereocenters. The van der Waals surface area contributed by atoms with Gasteiger partial charge < -0.3 is 5.11 Å². The van der Waals surface area contributed by atoms with Crippen LogP contribution in [0.25, 0.3) is 0 Å². The standard InChI is InChI=1S/C12H15NO6S/c1-8(6-12(14)15)20(18,19)7-10-4-3-5-11(9(10)2)13(16)17/h3-5,8H,6-7H2,1-2H3,(H,14,15). The van der Waals surface area contributed by atoms with E-state index in [9.17, 15) is 23.3 Å². The predicted octanol–water partition coefficient (Wildman–Crippen LogP) is 1.68. The van der Waals surface area contributed by atoms with Gasteiger partial charge in [-0.3, -0.25) is 14.9 Å². The molecule has 0 bridgehead atoms. The topological polar surface area (TPSA) is 115 Å². The van der Waals surface area contributed by atoms with Crippen molar-refractivity contribution in [2.24, 2.45) is 0 Å². The van der Waals surface area contributed by atoms with Gasteiger partial charge in [-0.05, 0) is 19.4 Å². The van der Waals surface area contributed by atoms with Gasteiger partial charge in [0.1, 0.15) is 0 Å². The molecule has 110 valence electrons. The number of carbonyl (C=O) groups is 1. The Morgan fingerprint density at radius 2 is 2.05 bits per heavy atom. The third-order valence-electron chi connectivity index (χ3n) is 3.05. The normalized spacial score (nSPS) is 12.9. The zero-order chi connectivity index (χ0) is 15.5. The van der Waals surface area contributed by atoms with E-state index in [4.69, 9.17) is 5.11 Å². The van der Waals surface area contributed by atoms with Gasteiger partial charge in [-0.1, -0.05) is 12.1 Å². The zero-order valence-corrected chi connectivity index (χ0v) is 11.9. The van der Waals surface area contributed by atoms with Gasteiger partial charge in [0, 0.05) is 11.6 Å². The minimum atomic E-state index is -3.68. The Morgan fingerprint density at radius 1 is 1.45 bits per heavy atom. The summed E-state index contributed by atoms with van der Waals surface area (Å²) in [5.41, 5.74) is 0.448. The summed E-state index contributed by atoms with van der Waals surface area (Å²) in [6.45, 7) is 2.79. The van der Waals surface area contributed by atoms with E-state index in [1.807, 2.05) is 0 Å². The van der Waals surface area contributed by atoms with Crippen molar-refractivity contribution in [3.8, 4) is 0 Å². The number of rotatable bonds is 6. The third-order valence-corrected chi connectivity index (χ3v) is 5.15. The molecule has 20 heavy (non-hydrogen) atoms. The van der Waals surface area contributed by atoms with Crippen molar-refractivity contribution in [1.82, 2.24) is 0 Å². The molecule has 1 N–H and O–H groups in total. The van der Waals surface area contributed by atoms with Crippen molar-refractivity contribution in [2.45, 2.75) is 31.3 Å². The fourth-order valence-corrected chi connectivity index (χ4v) is 3.18. The summed E-state index contributed by atoms with van der Waals surface area (Å²) in [7, 11) is -3.68. The Morgan fingerprint density at radius 3 is 2.55 bits per heavy atom. The average Bonchev–Trinajstić information content (AvgIpc) is 2.30. The van der Waals surface area contributed by atoms with Gasteiger partial charge in [-0.2, -0.15) is 0 Å². The number of sulfone groups is 1. The fourth-order valence-electron chi connectivity index (χ4n) is 1.76. The summed E-state index contributed by atoms with van der Waals surface area (Å²) in [4.78, 5) is 20.8. The first-order valence-electron chi connectivity index (χ1n) is 5.81. The highest BCUT2D eigenvalue weighted by molar-refractivity contribution is 7.91. The van der Waals surface area contributed by atoms with Gasteiger partial charge in [0.15, 0.2) is 9.84 Å². The lowest BCUT2D eigenvalue weighted by molar-refractivity contribution is -0.385. The van der Waals surface area contributed by atoms with E-state index in [0.29, 0.717) is 5.56 Å². The first kappa shape index (κ1) is 16.1. The summed E-state index contributed by atoms with van der Waals surface area (Å²) in [6.07, 6.45) is -0.490. The maximum atomic E-state index is 12.0. The second-order valence-electron chi connectivity index (χ2n) is 4.53. The third kappa shape index (κ3) is 3.77. The first-order valence-corrected chi connectivity index (χ1v) is 7.53. The lowest BCUT2D eigenvalue weighted by Gasteiger charge is -2.12. The summed E-state index contributed by atoms with van der Waals surface area (Å²) in [5.74, 6) is -1.61. The van der Waals surface area contributed by atoms with Crippen LogP contribution < -0.4 is 0 Å². The van der Waals surface area contributed by atoms with E-state index in [0.717, 1.165) is 0 Å². The van der Waals surface area contributed by atoms with Gasteiger partial charge in [0.25, 0.3) is 5.69 Å². The van der Waals surface area contributed by atoms with Crippen LogP contribution in [0.3, 0.4) is 0 Å². The van der Waals surface area contributed by atoms with E-state index >= 15 is 0 Å². The molecule has 0 saturated heterocycles. The minimum Gasteiger partial charge on any atom is -0.481 e. The molecule has 0 radical (unpaired) electrons. The van der Waals surface area contributed by atoms with Crippen molar-refractivity contribution in [1.29, 1.82) is 0 Å². The summed E-state index contributed by atoms with van der Waals surface area (Å²) < 4.78 is 24.1. The van der Waals surface area contributed by atoms with Crippen LogP contribution >= 0.6 is 0 Å². The number of hydrogen-bond donors (Lipinski definition) is 1. The molecule has 0 aliphatic rings. The molecule has 0 amide bonds. The van der Waals surface area contributed by atoms with Gasteiger partial charge in [0.05, 0.1) is 22.3 Å². The Balaban J connectivity index is 3.07. The lowest BCUT2D eigenvalue weighted by Crippen LogP contribution is -2.23. The van der Waals surface area contributed by atoms with Crippen LogP contribution in [0, 0.1) is 17.0 Å². The fraction of sp³-hybridized carbons (Fsp3) is 0.417. The number of aliphatic carboxylic acids is 1. The second-order valence-corrected chi connectivity index (χ2v) is 6.95. The maximum absolute atomic E-state index is 12.0. The van der Waals surface area contributed by atoms with Gasteiger partial charge in [-0.15, -0.1) is 0 Å². The molecule has 0 spiro atoms.